The summed E-state index contributed by atoms with van der Waals surface area (Å²) >= 11 is 2.27. The largest absolute Gasteiger partial charge is 0.425 e. The Hall–Kier alpha value is -0.840. The predicted octanol–water partition coefficient (Wildman–Crippen LogP) is 4.54. The van der Waals surface area contributed by atoms with Gasteiger partial charge in [0, 0.05) is 16.1 Å². The average molecular weight is 344 g/mol. The molecule has 2 nitrogen and oxygen atoms in total. The molecule has 0 heterocycles. The molecule has 1 aromatic rings. The van der Waals surface area contributed by atoms with Crippen molar-refractivity contribution in [3.8, 4) is 0 Å². The van der Waals surface area contributed by atoms with Gasteiger partial charge in [-0.2, -0.15) is 0 Å². The lowest BCUT2D eigenvalue weighted by Crippen LogP contribution is -2.00. The van der Waals surface area contributed by atoms with E-state index in [1.54, 1.807) is 0 Å². The number of ether oxygens (including phenoxy) is 1. The molecule has 17 heavy (non-hydrogen) atoms. The Morgan fingerprint density at radius 1 is 1.29 bits per heavy atom. The second-order valence-corrected chi connectivity index (χ2v) is 5.10. The summed E-state index contributed by atoms with van der Waals surface area (Å²) in [4.78, 5) is 11.1. The highest BCUT2D eigenvalue weighted by atomic mass is 127. The van der Waals surface area contributed by atoms with E-state index in [0.717, 1.165) is 28.4 Å². The molecule has 0 fully saturated rings. The SMILES string of the molecule is CCCC/C(I)=C(\OC(C)=O)c1ccccc1. The van der Waals surface area contributed by atoms with Crippen molar-refractivity contribution in [3.05, 3.63) is 39.5 Å². The average Bonchev–Trinajstić information content (AvgIpc) is 2.34. The zero-order valence-electron chi connectivity index (χ0n) is 10.2. The molecule has 0 bridgehead atoms. The summed E-state index contributed by atoms with van der Waals surface area (Å²) in [6.45, 7) is 3.59. The maximum atomic E-state index is 11.1. The molecule has 0 amide bonds. The Balaban J connectivity index is 2.98. The molecule has 0 saturated carbocycles. The van der Waals surface area contributed by atoms with E-state index in [4.69, 9.17) is 4.74 Å². The van der Waals surface area contributed by atoms with Crippen LogP contribution < -0.4 is 0 Å². The van der Waals surface area contributed by atoms with Gasteiger partial charge < -0.3 is 4.74 Å². The van der Waals surface area contributed by atoms with Crippen molar-refractivity contribution in [2.24, 2.45) is 0 Å². The van der Waals surface area contributed by atoms with Crippen LogP contribution in [0.1, 0.15) is 38.7 Å². The first kappa shape index (κ1) is 14.2. The molecule has 0 saturated heterocycles. The van der Waals surface area contributed by atoms with Crippen LogP contribution >= 0.6 is 22.6 Å². The molecule has 0 spiro atoms. The third kappa shape index (κ3) is 4.89. The van der Waals surface area contributed by atoms with Gasteiger partial charge >= 0.3 is 5.97 Å². The number of allylic oxidation sites excluding steroid dienone is 1. The monoisotopic (exact) mass is 344 g/mol. The summed E-state index contributed by atoms with van der Waals surface area (Å²) in [5.74, 6) is 0.432. The van der Waals surface area contributed by atoms with Crippen LogP contribution in [0.5, 0.6) is 0 Å². The zero-order chi connectivity index (χ0) is 12.7. The van der Waals surface area contributed by atoms with Crippen molar-refractivity contribution in [2.45, 2.75) is 33.1 Å². The maximum absolute atomic E-state index is 11.1. The topological polar surface area (TPSA) is 26.3 Å². The Morgan fingerprint density at radius 2 is 1.94 bits per heavy atom. The molecule has 0 radical (unpaired) electrons. The van der Waals surface area contributed by atoms with E-state index in [1.807, 2.05) is 30.3 Å². The quantitative estimate of drug-likeness (QED) is 0.445. The van der Waals surface area contributed by atoms with Crippen molar-refractivity contribution < 1.29 is 9.53 Å². The van der Waals surface area contributed by atoms with Gasteiger partial charge in [0.2, 0.25) is 0 Å². The number of hydrogen-bond acceptors (Lipinski definition) is 2. The van der Waals surface area contributed by atoms with Crippen LogP contribution in [-0.4, -0.2) is 5.97 Å². The van der Waals surface area contributed by atoms with Gasteiger partial charge in [0.05, 0.1) is 0 Å². The van der Waals surface area contributed by atoms with E-state index in [-0.39, 0.29) is 5.97 Å². The molecule has 0 unspecified atom stereocenters. The third-order valence-electron chi connectivity index (χ3n) is 2.28. The number of unbranched alkanes of at least 4 members (excludes halogenated alkanes) is 1. The Kier molecular flexibility index (Phi) is 6.26. The summed E-state index contributed by atoms with van der Waals surface area (Å²) in [5.41, 5.74) is 0.961. The highest BCUT2D eigenvalue weighted by molar-refractivity contribution is 14.1. The summed E-state index contributed by atoms with van der Waals surface area (Å²) in [7, 11) is 0. The zero-order valence-corrected chi connectivity index (χ0v) is 12.4. The molecule has 0 N–H and O–H groups in total. The normalized spacial score (nSPS) is 11.9. The molecule has 0 aromatic heterocycles. The number of rotatable bonds is 5. The van der Waals surface area contributed by atoms with Gasteiger partial charge in [0.1, 0.15) is 5.76 Å². The molecule has 0 atom stereocenters. The van der Waals surface area contributed by atoms with E-state index in [2.05, 4.69) is 29.5 Å². The third-order valence-corrected chi connectivity index (χ3v) is 3.31. The molecule has 92 valence electrons. The lowest BCUT2D eigenvalue weighted by Gasteiger charge is -2.10. The van der Waals surface area contributed by atoms with E-state index in [0.29, 0.717) is 5.76 Å². The van der Waals surface area contributed by atoms with E-state index >= 15 is 0 Å². The number of hydrogen-bond donors (Lipinski definition) is 0. The molecule has 0 aliphatic carbocycles. The highest BCUT2D eigenvalue weighted by Crippen LogP contribution is 2.28. The summed E-state index contributed by atoms with van der Waals surface area (Å²) in [6.07, 6.45) is 3.19. The van der Waals surface area contributed by atoms with Crippen LogP contribution in [0.2, 0.25) is 0 Å². The van der Waals surface area contributed by atoms with Crippen molar-refractivity contribution in [3.63, 3.8) is 0 Å². The maximum Gasteiger partial charge on any atom is 0.308 e. The van der Waals surface area contributed by atoms with Crippen LogP contribution in [-0.2, 0) is 9.53 Å². The lowest BCUT2D eigenvalue weighted by atomic mass is 10.1. The van der Waals surface area contributed by atoms with Crippen LogP contribution in [0, 0.1) is 0 Å². The Labute approximate surface area is 116 Å². The van der Waals surface area contributed by atoms with E-state index < -0.39 is 0 Å². The van der Waals surface area contributed by atoms with Crippen molar-refractivity contribution in [1.29, 1.82) is 0 Å². The van der Waals surface area contributed by atoms with Crippen molar-refractivity contribution >= 4 is 34.3 Å². The van der Waals surface area contributed by atoms with E-state index in [1.165, 1.54) is 6.92 Å². The lowest BCUT2D eigenvalue weighted by molar-refractivity contribution is -0.134. The number of carbonyl (C=O) groups is 1. The van der Waals surface area contributed by atoms with Gasteiger partial charge in [0.25, 0.3) is 0 Å². The van der Waals surface area contributed by atoms with Gasteiger partial charge in [-0.3, -0.25) is 4.79 Å². The fraction of sp³-hybridized carbons (Fsp3) is 0.357. The fourth-order valence-corrected chi connectivity index (χ4v) is 2.25. The Morgan fingerprint density at radius 3 is 2.47 bits per heavy atom. The molecule has 1 rings (SSSR count). The van der Waals surface area contributed by atoms with Gasteiger partial charge in [-0.15, -0.1) is 0 Å². The predicted molar refractivity (Wildman–Crippen MR) is 78.7 cm³/mol. The van der Waals surface area contributed by atoms with Crippen LogP contribution in [0.25, 0.3) is 5.76 Å². The molecule has 0 aliphatic rings. The first-order chi connectivity index (χ1) is 8.15. The van der Waals surface area contributed by atoms with Crippen LogP contribution in [0.3, 0.4) is 0 Å². The van der Waals surface area contributed by atoms with E-state index in [9.17, 15) is 4.79 Å². The Bertz CT molecular complexity index is 396. The molecule has 0 aliphatic heterocycles. The summed E-state index contributed by atoms with van der Waals surface area (Å²) in [6, 6.07) is 9.77. The second-order valence-electron chi connectivity index (χ2n) is 3.80. The summed E-state index contributed by atoms with van der Waals surface area (Å²) < 4.78 is 6.43. The second kappa shape index (κ2) is 7.48. The standard InChI is InChI=1S/C14H17IO2/c1-3-4-10-13(15)14(17-11(2)16)12-8-6-5-7-9-12/h5-9H,3-4,10H2,1-2H3/b14-13+. The number of carbonyl (C=O) groups excluding carboxylic acids is 1. The first-order valence-corrected chi connectivity index (χ1v) is 6.85. The highest BCUT2D eigenvalue weighted by Gasteiger charge is 2.10. The minimum absolute atomic E-state index is 0.269. The first-order valence-electron chi connectivity index (χ1n) is 5.77. The van der Waals surface area contributed by atoms with Crippen LogP contribution in [0.15, 0.2) is 33.9 Å². The summed E-state index contributed by atoms with van der Waals surface area (Å²) in [5, 5.41) is 0. The molecular formula is C14H17IO2. The van der Waals surface area contributed by atoms with Crippen molar-refractivity contribution in [2.75, 3.05) is 0 Å². The minimum Gasteiger partial charge on any atom is -0.425 e. The van der Waals surface area contributed by atoms with Crippen LogP contribution in [0.4, 0.5) is 0 Å². The van der Waals surface area contributed by atoms with Crippen molar-refractivity contribution in [1.82, 2.24) is 0 Å². The molecule has 3 heteroatoms. The molecular weight excluding hydrogens is 327 g/mol. The van der Waals surface area contributed by atoms with Gasteiger partial charge in [-0.1, -0.05) is 43.7 Å². The number of halogens is 1. The number of benzene rings is 1. The molecule has 1 aromatic carbocycles. The van der Waals surface area contributed by atoms with Gasteiger partial charge in [0.15, 0.2) is 0 Å². The smallest absolute Gasteiger partial charge is 0.308 e. The van der Waals surface area contributed by atoms with Gasteiger partial charge in [-0.05, 0) is 35.4 Å². The minimum atomic E-state index is -0.269. The fourth-order valence-electron chi connectivity index (χ4n) is 1.45. The number of esters is 1. The van der Waals surface area contributed by atoms with Gasteiger partial charge in [-0.25, -0.2) is 0 Å².